The molecule has 1 heterocycles. The first-order chi connectivity index (χ1) is 8.11. The van der Waals surface area contributed by atoms with Crippen molar-refractivity contribution >= 4 is 5.91 Å². The Balaban J connectivity index is 1.64. The molecule has 0 radical (unpaired) electrons. The summed E-state index contributed by atoms with van der Waals surface area (Å²) < 4.78 is 0. The third-order valence-corrected chi connectivity index (χ3v) is 3.83. The number of nitrogens with one attached hydrogen (secondary N) is 1. The van der Waals surface area contributed by atoms with Crippen molar-refractivity contribution in [2.75, 3.05) is 19.6 Å². The van der Waals surface area contributed by atoms with Crippen molar-refractivity contribution in [3.63, 3.8) is 0 Å². The molecule has 1 saturated carbocycles. The van der Waals surface area contributed by atoms with Crippen LogP contribution in [0.25, 0.3) is 0 Å². The average molecular weight is 235 g/mol. The van der Waals surface area contributed by atoms with Crippen LogP contribution in [0.15, 0.2) is 0 Å². The van der Waals surface area contributed by atoms with E-state index in [4.69, 9.17) is 5.26 Å². The van der Waals surface area contributed by atoms with Gasteiger partial charge in [-0.15, -0.1) is 0 Å². The largest absolute Gasteiger partial charge is 0.353 e. The van der Waals surface area contributed by atoms with Crippen LogP contribution in [-0.2, 0) is 4.79 Å². The molecule has 2 rings (SSSR count). The quantitative estimate of drug-likeness (QED) is 0.798. The highest BCUT2D eigenvalue weighted by Crippen LogP contribution is 2.29. The first-order valence-electron chi connectivity index (χ1n) is 6.54. The number of likely N-dealkylation sites (tertiary alicyclic amines) is 1. The van der Waals surface area contributed by atoms with Gasteiger partial charge < -0.3 is 10.2 Å². The van der Waals surface area contributed by atoms with Crippen LogP contribution in [0.2, 0.25) is 0 Å². The van der Waals surface area contributed by atoms with Crippen LogP contribution in [0.4, 0.5) is 0 Å². The van der Waals surface area contributed by atoms with Crippen molar-refractivity contribution < 1.29 is 4.79 Å². The molecule has 0 atom stereocenters. The Morgan fingerprint density at radius 3 is 2.65 bits per heavy atom. The molecule has 1 aliphatic heterocycles. The first-order valence-corrected chi connectivity index (χ1v) is 6.54. The monoisotopic (exact) mass is 235 g/mol. The van der Waals surface area contributed by atoms with Crippen molar-refractivity contribution in [1.29, 1.82) is 5.26 Å². The summed E-state index contributed by atoms with van der Waals surface area (Å²) in [5.74, 6) is 0.182. The smallest absolute Gasteiger partial charge is 0.221 e. The van der Waals surface area contributed by atoms with Gasteiger partial charge in [-0.25, -0.2) is 0 Å². The zero-order chi connectivity index (χ0) is 12.3. The number of nitriles is 1. The van der Waals surface area contributed by atoms with Crippen molar-refractivity contribution in [3.8, 4) is 6.07 Å². The second-order valence-corrected chi connectivity index (χ2v) is 5.61. The van der Waals surface area contributed by atoms with Gasteiger partial charge in [-0.05, 0) is 45.7 Å². The molecule has 0 aromatic carbocycles. The summed E-state index contributed by atoms with van der Waals surface area (Å²) in [4.78, 5) is 13.8. The molecular formula is C13H21N3O. The number of hydrogen-bond acceptors (Lipinski definition) is 3. The minimum absolute atomic E-state index is 0.146. The summed E-state index contributed by atoms with van der Waals surface area (Å²) >= 11 is 0. The van der Waals surface area contributed by atoms with Crippen LogP contribution in [0.1, 0.15) is 39.0 Å². The van der Waals surface area contributed by atoms with Crippen molar-refractivity contribution in [3.05, 3.63) is 0 Å². The molecule has 4 nitrogen and oxygen atoms in total. The molecule has 0 spiro atoms. The molecule has 1 aliphatic carbocycles. The van der Waals surface area contributed by atoms with E-state index in [1.807, 2.05) is 6.92 Å². The Labute approximate surface area is 103 Å². The van der Waals surface area contributed by atoms with Gasteiger partial charge in [-0.2, -0.15) is 5.26 Å². The number of carbonyl (C=O) groups is 1. The van der Waals surface area contributed by atoms with Crippen LogP contribution in [0.3, 0.4) is 0 Å². The maximum atomic E-state index is 11.5. The van der Waals surface area contributed by atoms with Gasteiger partial charge >= 0.3 is 0 Å². The van der Waals surface area contributed by atoms with E-state index >= 15 is 0 Å². The summed E-state index contributed by atoms with van der Waals surface area (Å²) in [6.07, 6.45) is 4.74. The Bertz CT molecular complexity index is 322. The number of hydrogen-bond donors (Lipinski definition) is 1. The molecule has 94 valence electrons. The van der Waals surface area contributed by atoms with Gasteiger partial charge in [-0.3, -0.25) is 4.79 Å². The van der Waals surface area contributed by atoms with E-state index < -0.39 is 0 Å². The number of rotatable bonds is 4. The molecule has 17 heavy (non-hydrogen) atoms. The predicted octanol–water partition coefficient (Wildman–Crippen LogP) is 1.28. The van der Waals surface area contributed by atoms with Gasteiger partial charge in [0, 0.05) is 19.0 Å². The van der Waals surface area contributed by atoms with Gasteiger partial charge in [0.15, 0.2) is 0 Å². The zero-order valence-electron chi connectivity index (χ0n) is 10.5. The topological polar surface area (TPSA) is 56.1 Å². The van der Waals surface area contributed by atoms with Crippen molar-refractivity contribution in [1.82, 2.24) is 10.2 Å². The third-order valence-electron chi connectivity index (χ3n) is 3.83. The number of nitrogens with zero attached hydrogens (tertiary/aromatic N) is 2. The molecule has 1 saturated heterocycles. The summed E-state index contributed by atoms with van der Waals surface area (Å²) in [6.45, 7) is 4.76. The molecule has 1 amide bonds. The molecule has 0 aromatic rings. The van der Waals surface area contributed by atoms with Crippen molar-refractivity contribution in [2.24, 2.45) is 5.41 Å². The molecule has 0 bridgehead atoms. The predicted molar refractivity (Wildman–Crippen MR) is 65.2 cm³/mol. The van der Waals surface area contributed by atoms with Crippen LogP contribution >= 0.6 is 0 Å². The number of piperidine rings is 1. The molecular weight excluding hydrogens is 214 g/mol. The maximum Gasteiger partial charge on any atom is 0.221 e. The zero-order valence-corrected chi connectivity index (χ0v) is 10.5. The molecule has 4 heteroatoms. The van der Waals surface area contributed by atoms with E-state index in [2.05, 4.69) is 16.3 Å². The van der Waals surface area contributed by atoms with E-state index in [1.54, 1.807) is 0 Å². The van der Waals surface area contributed by atoms with Crippen molar-refractivity contribution in [2.45, 2.75) is 45.1 Å². The lowest BCUT2D eigenvalue weighted by molar-refractivity contribution is -0.121. The fraction of sp³-hybridized carbons (Fsp3) is 0.846. The molecule has 1 N–H and O–H groups in total. The Morgan fingerprint density at radius 2 is 2.12 bits per heavy atom. The van der Waals surface area contributed by atoms with E-state index in [1.165, 1.54) is 0 Å². The fourth-order valence-electron chi connectivity index (χ4n) is 2.17. The second-order valence-electron chi connectivity index (χ2n) is 5.61. The fourth-order valence-corrected chi connectivity index (χ4v) is 2.17. The van der Waals surface area contributed by atoms with Crippen LogP contribution < -0.4 is 5.32 Å². The number of carbonyl (C=O) groups excluding carboxylic acids is 1. The number of amides is 1. The summed E-state index contributed by atoms with van der Waals surface area (Å²) in [7, 11) is 0. The minimum atomic E-state index is -0.146. The average Bonchev–Trinajstić information content (AvgIpc) is 3.12. The highest BCUT2D eigenvalue weighted by atomic mass is 16.1. The van der Waals surface area contributed by atoms with E-state index in [9.17, 15) is 4.79 Å². The minimum Gasteiger partial charge on any atom is -0.353 e. The highest BCUT2D eigenvalue weighted by molar-refractivity contribution is 5.76. The van der Waals surface area contributed by atoms with Gasteiger partial charge in [0.2, 0.25) is 5.91 Å². The van der Waals surface area contributed by atoms with Crippen LogP contribution in [-0.4, -0.2) is 36.5 Å². The SMILES string of the molecule is CC1(C#N)CCN(CCC(=O)NC2CC2)CC1. The summed E-state index contributed by atoms with van der Waals surface area (Å²) in [5.41, 5.74) is -0.146. The molecule has 0 unspecified atom stereocenters. The Morgan fingerprint density at radius 1 is 1.47 bits per heavy atom. The van der Waals surface area contributed by atoms with Gasteiger partial charge in [0.05, 0.1) is 11.5 Å². The summed E-state index contributed by atoms with van der Waals surface area (Å²) in [5, 5.41) is 12.0. The van der Waals surface area contributed by atoms with Gasteiger partial charge in [-0.1, -0.05) is 0 Å². The molecule has 0 aromatic heterocycles. The van der Waals surface area contributed by atoms with E-state index in [0.29, 0.717) is 12.5 Å². The lowest BCUT2D eigenvalue weighted by Gasteiger charge is -2.34. The molecule has 2 fully saturated rings. The van der Waals surface area contributed by atoms with Crippen LogP contribution in [0.5, 0.6) is 0 Å². The normalized spacial score (nSPS) is 24.0. The third kappa shape index (κ3) is 3.71. The van der Waals surface area contributed by atoms with Gasteiger partial charge in [0.1, 0.15) is 0 Å². The second kappa shape index (κ2) is 5.05. The summed E-state index contributed by atoms with van der Waals surface area (Å²) in [6, 6.07) is 2.86. The van der Waals surface area contributed by atoms with Gasteiger partial charge in [0.25, 0.3) is 0 Å². The Hall–Kier alpha value is -1.08. The Kier molecular flexibility index (Phi) is 3.68. The first kappa shape index (κ1) is 12.4. The van der Waals surface area contributed by atoms with Crippen LogP contribution in [0, 0.1) is 16.7 Å². The highest BCUT2D eigenvalue weighted by Gasteiger charge is 2.30. The lowest BCUT2D eigenvalue weighted by Crippen LogP contribution is -2.40. The lowest BCUT2D eigenvalue weighted by atomic mass is 9.82. The maximum absolute atomic E-state index is 11.5. The van der Waals surface area contributed by atoms with E-state index in [0.717, 1.165) is 45.3 Å². The molecule has 2 aliphatic rings. The van der Waals surface area contributed by atoms with E-state index in [-0.39, 0.29) is 11.3 Å². The standard InChI is InChI=1S/C13H21N3O/c1-13(10-14)5-8-16(9-6-13)7-4-12(17)15-11-2-3-11/h11H,2-9H2,1H3,(H,15,17).